The van der Waals surface area contributed by atoms with Crippen LogP contribution in [0.4, 0.5) is 15.1 Å². The molecule has 1 aliphatic rings. The average molecular weight is 554 g/mol. The zero-order valence-electron chi connectivity index (χ0n) is 20.3. The second-order valence-corrected chi connectivity index (χ2v) is 9.88. The van der Waals surface area contributed by atoms with Crippen LogP contribution in [0.25, 0.3) is 10.6 Å². The molecule has 0 saturated carbocycles. The molecule has 0 aliphatic carbocycles. The summed E-state index contributed by atoms with van der Waals surface area (Å²) < 4.78 is 24.6. The molecule has 0 spiro atoms. The summed E-state index contributed by atoms with van der Waals surface area (Å²) in [6.07, 6.45) is 6.20. The largest absolute Gasteiger partial charge is 0.487 e. The number of aliphatic hydroxyl groups is 1. The van der Waals surface area contributed by atoms with Gasteiger partial charge in [0.1, 0.15) is 46.6 Å². The van der Waals surface area contributed by atoms with Crippen LogP contribution in [0.1, 0.15) is 23.2 Å². The summed E-state index contributed by atoms with van der Waals surface area (Å²) in [5, 5.41) is 17.6. The van der Waals surface area contributed by atoms with Crippen LogP contribution in [0.2, 0.25) is 5.02 Å². The summed E-state index contributed by atoms with van der Waals surface area (Å²) in [4.78, 5) is 13.8. The van der Waals surface area contributed by atoms with Crippen LogP contribution in [0.15, 0.2) is 69.4 Å². The number of hydrogen-bond acceptors (Lipinski definition) is 9. The second kappa shape index (κ2) is 12.3. The first-order valence-electron chi connectivity index (χ1n) is 12.0. The molecule has 3 N–H and O–H groups in total. The topological polar surface area (TPSA) is 104 Å². The maximum Gasteiger partial charge on any atom is 0.141 e. The third-order valence-corrected chi connectivity index (χ3v) is 7.08. The van der Waals surface area contributed by atoms with Gasteiger partial charge >= 0.3 is 0 Å². The maximum atomic E-state index is 13.4. The van der Waals surface area contributed by atoms with Crippen LogP contribution >= 0.6 is 22.9 Å². The van der Waals surface area contributed by atoms with E-state index < -0.39 is 0 Å². The van der Waals surface area contributed by atoms with Crippen molar-refractivity contribution in [2.24, 2.45) is 9.98 Å². The monoisotopic (exact) mass is 553 g/mol. The van der Waals surface area contributed by atoms with E-state index in [4.69, 9.17) is 30.8 Å². The summed E-state index contributed by atoms with van der Waals surface area (Å²) in [5.74, 6) is 0.933. The molecular weight excluding hydrogens is 529 g/mol. The van der Waals surface area contributed by atoms with E-state index in [1.165, 1.54) is 29.8 Å². The summed E-state index contributed by atoms with van der Waals surface area (Å²) in [6.45, 7) is 1.37. The molecule has 4 aromatic rings. The zero-order valence-corrected chi connectivity index (χ0v) is 21.9. The molecule has 0 saturated heterocycles. The standard InChI is InChI=1S/C27H25ClFN5O3S/c28-22-11-20(4-6-24(22)37-13-17-2-1-3-19(29)10-17)33-25-7-5-23-27(32-16-31-25)38-26(34-23)21-15-36-14-18(21)12-30-8-9-35/h1-4,6,10-11,14-16,30,35H,5,7-9,12-13H2,(H,31,32,33). The highest BCUT2D eigenvalue weighted by molar-refractivity contribution is 7.18. The highest BCUT2D eigenvalue weighted by Gasteiger charge is 2.18. The van der Waals surface area contributed by atoms with Gasteiger partial charge in [0.2, 0.25) is 0 Å². The van der Waals surface area contributed by atoms with Crippen molar-refractivity contribution in [3.05, 3.63) is 82.7 Å². The first-order chi connectivity index (χ1) is 18.6. The smallest absolute Gasteiger partial charge is 0.141 e. The van der Waals surface area contributed by atoms with Gasteiger partial charge in [-0.25, -0.2) is 19.4 Å². The van der Waals surface area contributed by atoms with Crippen LogP contribution in [0.5, 0.6) is 5.75 Å². The van der Waals surface area contributed by atoms with E-state index in [-0.39, 0.29) is 19.0 Å². The Kier molecular flexibility index (Phi) is 8.44. The summed E-state index contributed by atoms with van der Waals surface area (Å²) >= 11 is 7.93. The predicted octanol–water partition coefficient (Wildman–Crippen LogP) is 5.97. The first-order valence-corrected chi connectivity index (χ1v) is 13.2. The maximum absolute atomic E-state index is 13.4. The number of ether oxygens (including phenoxy) is 1. The zero-order chi connectivity index (χ0) is 26.3. The van der Waals surface area contributed by atoms with Gasteiger partial charge in [0, 0.05) is 30.8 Å². The number of furan rings is 1. The number of nitrogens with zero attached hydrogens (tertiary/aromatic N) is 3. The normalized spacial score (nSPS) is 13.8. The van der Waals surface area contributed by atoms with Gasteiger partial charge < -0.3 is 24.9 Å². The second-order valence-electron chi connectivity index (χ2n) is 8.49. The Morgan fingerprint density at radius 3 is 2.92 bits per heavy atom. The molecule has 2 aromatic heterocycles. The van der Waals surface area contributed by atoms with E-state index in [1.54, 1.807) is 36.8 Å². The molecule has 1 aliphatic heterocycles. The molecule has 0 amide bonds. The molecule has 2 aromatic carbocycles. The van der Waals surface area contributed by atoms with Gasteiger partial charge in [-0.1, -0.05) is 35.1 Å². The molecule has 5 rings (SSSR count). The molecule has 0 atom stereocenters. The minimum absolute atomic E-state index is 0.0739. The Morgan fingerprint density at radius 1 is 1.16 bits per heavy atom. The lowest BCUT2D eigenvalue weighted by Gasteiger charge is -2.13. The molecule has 0 bridgehead atoms. The number of rotatable bonds is 9. The van der Waals surface area contributed by atoms with Crippen molar-refractivity contribution in [3.8, 4) is 16.3 Å². The Balaban J connectivity index is 1.21. The Labute approximate surface area is 227 Å². The quantitative estimate of drug-likeness (QED) is 0.220. The summed E-state index contributed by atoms with van der Waals surface area (Å²) in [7, 11) is 0. The molecule has 196 valence electrons. The van der Waals surface area contributed by atoms with Gasteiger partial charge in [0.15, 0.2) is 0 Å². The third kappa shape index (κ3) is 6.46. The van der Waals surface area contributed by atoms with Crippen molar-refractivity contribution in [3.63, 3.8) is 0 Å². The number of amidine groups is 1. The van der Waals surface area contributed by atoms with E-state index in [0.717, 1.165) is 43.9 Å². The van der Waals surface area contributed by atoms with Crippen LogP contribution in [-0.4, -0.2) is 35.4 Å². The van der Waals surface area contributed by atoms with E-state index in [9.17, 15) is 4.39 Å². The van der Waals surface area contributed by atoms with Crippen LogP contribution < -0.4 is 15.4 Å². The van der Waals surface area contributed by atoms with Crippen molar-refractivity contribution >= 4 is 45.8 Å². The number of aromatic nitrogens is 1. The molecule has 0 unspecified atom stereocenters. The van der Waals surface area contributed by atoms with E-state index >= 15 is 0 Å². The van der Waals surface area contributed by atoms with E-state index in [1.807, 2.05) is 6.07 Å². The minimum atomic E-state index is -0.306. The highest BCUT2D eigenvalue weighted by Crippen LogP contribution is 2.37. The number of hydrogen-bond donors (Lipinski definition) is 3. The number of fused-ring (bicyclic) bond motifs is 1. The lowest BCUT2D eigenvalue weighted by atomic mass is 10.2. The number of thiazole rings is 1. The fourth-order valence-electron chi connectivity index (χ4n) is 3.87. The minimum Gasteiger partial charge on any atom is -0.487 e. The van der Waals surface area contributed by atoms with Crippen molar-refractivity contribution < 1.29 is 18.7 Å². The number of halogens is 2. The van der Waals surface area contributed by atoms with Crippen molar-refractivity contribution in [1.29, 1.82) is 0 Å². The van der Waals surface area contributed by atoms with Crippen molar-refractivity contribution in [2.45, 2.75) is 26.0 Å². The van der Waals surface area contributed by atoms with Crippen molar-refractivity contribution in [2.75, 3.05) is 18.5 Å². The fourth-order valence-corrected chi connectivity index (χ4v) is 5.10. The van der Waals surface area contributed by atoms with Crippen molar-refractivity contribution in [1.82, 2.24) is 10.3 Å². The molecule has 3 heterocycles. The van der Waals surface area contributed by atoms with Crippen LogP contribution in [0, 0.1) is 5.82 Å². The molecule has 0 radical (unpaired) electrons. The molecule has 11 heteroatoms. The van der Waals surface area contributed by atoms with Gasteiger partial charge in [-0.2, -0.15) is 0 Å². The third-order valence-electron chi connectivity index (χ3n) is 5.74. The van der Waals surface area contributed by atoms with Crippen LogP contribution in [0.3, 0.4) is 0 Å². The first kappa shape index (κ1) is 26.1. The van der Waals surface area contributed by atoms with Gasteiger partial charge in [0.25, 0.3) is 0 Å². The van der Waals surface area contributed by atoms with E-state index in [0.29, 0.717) is 36.7 Å². The number of benzene rings is 2. The highest BCUT2D eigenvalue weighted by atomic mass is 35.5. The Bertz CT molecular complexity index is 1470. The molecule has 0 fully saturated rings. The lowest BCUT2D eigenvalue weighted by molar-refractivity contribution is 0.292. The fraction of sp³-hybridized carbons (Fsp3) is 0.222. The van der Waals surface area contributed by atoms with E-state index in [2.05, 4.69) is 20.6 Å². The number of aryl methyl sites for hydroxylation is 1. The molecule has 38 heavy (non-hydrogen) atoms. The number of nitrogens with one attached hydrogen (secondary N) is 2. The number of aliphatic hydroxyl groups excluding tert-OH is 1. The molecule has 8 nitrogen and oxygen atoms in total. The van der Waals surface area contributed by atoms with Gasteiger partial charge in [0.05, 0.1) is 29.2 Å². The van der Waals surface area contributed by atoms with Gasteiger partial charge in [-0.3, -0.25) is 0 Å². The van der Waals surface area contributed by atoms with Gasteiger partial charge in [-0.15, -0.1) is 0 Å². The number of aliphatic imine (C=N–C) groups is 2. The SMILES string of the molecule is OCCNCc1cocc1-c1nc2c(s1)/N=C\N=C(Nc1ccc(OCc3cccc(F)c3)c(Cl)c1)CC2. The number of anilines is 1. The summed E-state index contributed by atoms with van der Waals surface area (Å²) in [6, 6.07) is 11.6. The lowest BCUT2D eigenvalue weighted by Crippen LogP contribution is -2.17. The predicted molar refractivity (Wildman–Crippen MR) is 148 cm³/mol. The van der Waals surface area contributed by atoms with Crippen LogP contribution in [-0.2, 0) is 19.6 Å². The Hall–Kier alpha value is -3.57. The molecular formula is C27H25ClFN5O3S. The average Bonchev–Trinajstić information content (AvgIpc) is 3.52. The van der Waals surface area contributed by atoms with Gasteiger partial charge in [-0.05, 0) is 42.3 Å². The summed E-state index contributed by atoms with van der Waals surface area (Å²) in [5.41, 5.74) is 4.26. The Morgan fingerprint density at radius 2 is 2.08 bits per heavy atom.